The summed E-state index contributed by atoms with van der Waals surface area (Å²) in [5.74, 6) is -1.09. The lowest BCUT2D eigenvalue weighted by atomic mass is 10.1. The van der Waals surface area contributed by atoms with Crippen LogP contribution in [0.1, 0.15) is 16.1 Å². The first-order valence-corrected chi connectivity index (χ1v) is 6.88. The van der Waals surface area contributed by atoms with Crippen LogP contribution in [-0.4, -0.2) is 21.9 Å². The van der Waals surface area contributed by atoms with Crippen LogP contribution in [-0.2, 0) is 11.3 Å². The number of amides is 1. The van der Waals surface area contributed by atoms with Gasteiger partial charge in [0.05, 0.1) is 23.5 Å². The number of ketones is 1. The third kappa shape index (κ3) is 2.10. The molecule has 0 atom stereocenters. The lowest BCUT2D eigenvalue weighted by Gasteiger charge is -2.15. The molecule has 0 spiro atoms. The highest BCUT2D eigenvalue weighted by molar-refractivity contribution is 9.10. The maximum absolute atomic E-state index is 12.1. The van der Waals surface area contributed by atoms with Gasteiger partial charge in [0.15, 0.2) is 5.15 Å². The number of rotatable bonds is 2. The van der Waals surface area contributed by atoms with Gasteiger partial charge < -0.3 is 0 Å². The molecule has 0 N–H and O–H groups in total. The summed E-state index contributed by atoms with van der Waals surface area (Å²) in [7, 11) is 0. The van der Waals surface area contributed by atoms with Crippen LogP contribution in [0.2, 0.25) is 5.15 Å². The second-order valence-corrected chi connectivity index (χ2v) is 5.44. The Morgan fingerprint density at radius 2 is 1.95 bits per heavy atom. The van der Waals surface area contributed by atoms with Crippen LogP contribution in [0.3, 0.4) is 0 Å². The van der Waals surface area contributed by atoms with Crippen molar-refractivity contribution >= 4 is 44.9 Å². The van der Waals surface area contributed by atoms with Crippen LogP contribution < -0.4 is 4.90 Å². The smallest absolute Gasteiger partial charge is 0.299 e. The average Bonchev–Trinajstić information content (AvgIpc) is 2.67. The van der Waals surface area contributed by atoms with Crippen LogP contribution in [0.4, 0.5) is 5.69 Å². The predicted octanol–water partition coefficient (Wildman–Crippen LogP) is 2.62. The van der Waals surface area contributed by atoms with E-state index in [1.165, 1.54) is 4.90 Å². The van der Waals surface area contributed by atoms with Crippen molar-refractivity contribution in [1.29, 1.82) is 0 Å². The molecule has 7 heteroatoms. The number of carbonyl (C=O) groups is 2. The van der Waals surface area contributed by atoms with E-state index in [0.717, 1.165) is 0 Å². The second-order valence-electron chi connectivity index (χ2n) is 4.20. The molecular weight excluding hydrogens is 346 g/mol. The summed E-state index contributed by atoms with van der Waals surface area (Å²) in [5.41, 5.74) is 1.52. The maximum Gasteiger partial charge on any atom is 0.299 e. The van der Waals surface area contributed by atoms with Crippen LogP contribution in [0.5, 0.6) is 0 Å². The largest absolute Gasteiger partial charge is 0.299 e. The molecule has 0 bridgehead atoms. The van der Waals surface area contributed by atoms with Gasteiger partial charge in [-0.25, -0.2) is 0 Å². The lowest BCUT2D eigenvalue weighted by molar-refractivity contribution is -0.114. The first-order valence-electron chi connectivity index (χ1n) is 5.71. The van der Waals surface area contributed by atoms with Gasteiger partial charge >= 0.3 is 0 Å². The van der Waals surface area contributed by atoms with Gasteiger partial charge in [0.1, 0.15) is 0 Å². The number of hydrogen-bond donors (Lipinski definition) is 0. The minimum absolute atomic E-state index is 0.179. The van der Waals surface area contributed by atoms with Crippen molar-refractivity contribution < 1.29 is 9.59 Å². The minimum Gasteiger partial charge on any atom is -0.299 e. The van der Waals surface area contributed by atoms with E-state index in [0.29, 0.717) is 21.4 Å². The molecule has 0 saturated heterocycles. The van der Waals surface area contributed by atoms with Crippen molar-refractivity contribution in [1.82, 2.24) is 10.2 Å². The molecule has 2 aromatic rings. The molecule has 0 radical (unpaired) electrons. The number of aromatic nitrogens is 2. The van der Waals surface area contributed by atoms with Gasteiger partial charge in [-0.15, -0.1) is 5.10 Å². The molecule has 0 aliphatic carbocycles. The number of carbonyl (C=O) groups excluding carboxylic acids is 2. The first kappa shape index (κ1) is 13.2. The molecule has 1 aromatic carbocycles. The number of nitrogens with zero attached hydrogens (tertiary/aromatic N) is 3. The van der Waals surface area contributed by atoms with E-state index in [-0.39, 0.29) is 11.7 Å². The summed E-state index contributed by atoms with van der Waals surface area (Å²) in [4.78, 5) is 25.5. The lowest BCUT2D eigenvalue weighted by Crippen LogP contribution is -2.29. The summed E-state index contributed by atoms with van der Waals surface area (Å²) in [6.07, 6.45) is 0. The zero-order chi connectivity index (χ0) is 14.3. The number of anilines is 1. The van der Waals surface area contributed by atoms with Gasteiger partial charge in [-0.3, -0.25) is 14.5 Å². The zero-order valence-electron chi connectivity index (χ0n) is 10.0. The van der Waals surface area contributed by atoms with E-state index in [9.17, 15) is 9.59 Å². The quantitative estimate of drug-likeness (QED) is 0.780. The molecule has 2 heterocycles. The molecule has 0 saturated carbocycles. The van der Waals surface area contributed by atoms with Gasteiger partial charge in [0.2, 0.25) is 0 Å². The molecule has 1 aliphatic rings. The molecule has 100 valence electrons. The van der Waals surface area contributed by atoms with Gasteiger partial charge in [-0.1, -0.05) is 17.7 Å². The summed E-state index contributed by atoms with van der Waals surface area (Å²) in [5, 5.41) is 7.90. The highest BCUT2D eigenvalue weighted by Crippen LogP contribution is 2.34. The van der Waals surface area contributed by atoms with Gasteiger partial charge in [0, 0.05) is 4.47 Å². The van der Waals surface area contributed by atoms with Crippen molar-refractivity contribution in [2.45, 2.75) is 6.54 Å². The van der Waals surface area contributed by atoms with Crippen LogP contribution in [0.25, 0.3) is 0 Å². The van der Waals surface area contributed by atoms with E-state index in [1.54, 1.807) is 30.3 Å². The standard InChI is InChI=1S/C13H7BrClN3O2/c14-8-2-1-3-9-11(8)12(19)13(20)18(9)6-7-4-5-10(15)17-16-7/h1-5H,6H2. The Balaban J connectivity index is 1.99. The first-order chi connectivity index (χ1) is 9.58. The Kier molecular flexibility index (Phi) is 3.27. The number of hydrogen-bond acceptors (Lipinski definition) is 4. The number of fused-ring (bicyclic) bond motifs is 1. The molecule has 0 unspecified atom stereocenters. The normalized spacial score (nSPS) is 13.8. The Bertz CT molecular complexity index is 718. The minimum atomic E-state index is -0.566. The predicted molar refractivity (Wildman–Crippen MR) is 76.7 cm³/mol. The molecule has 0 fully saturated rings. The summed E-state index contributed by atoms with van der Waals surface area (Å²) >= 11 is 8.96. The molecule has 20 heavy (non-hydrogen) atoms. The Morgan fingerprint density at radius 3 is 2.65 bits per heavy atom. The van der Waals surface area contributed by atoms with Crippen molar-refractivity contribution in [3.8, 4) is 0 Å². The van der Waals surface area contributed by atoms with E-state index < -0.39 is 11.7 Å². The second kappa shape index (κ2) is 4.96. The number of halogens is 2. The molecule has 3 rings (SSSR count). The number of benzene rings is 1. The van der Waals surface area contributed by atoms with Crippen molar-refractivity contribution in [3.63, 3.8) is 0 Å². The van der Waals surface area contributed by atoms with Crippen LogP contribution in [0, 0.1) is 0 Å². The Morgan fingerprint density at radius 1 is 1.15 bits per heavy atom. The average molecular weight is 353 g/mol. The van der Waals surface area contributed by atoms with E-state index in [2.05, 4.69) is 26.1 Å². The zero-order valence-corrected chi connectivity index (χ0v) is 12.3. The fourth-order valence-electron chi connectivity index (χ4n) is 2.05. The summed E-state index contributed by atoms with van der Waals surface area (Å²) in [6.45, 7) is 0.179. The number of Topliss-reactive ketones (excluding diaryl/α,β-unsaturated/α-hetero) is 1. The maximum atomic E-state index is 12.1. The third-order valence-electron chi connectivity index (χ3n) is 2.96. The van der Waals surface area contributed by atoms with Gasteiger partial charge in [-0.05, 0) is 40.2 Å². The Labute approximate surface area is 127 Å². The Hall–Kier alpha value is -1.79. The molecule has 1 amide bonds. The highest BCUT2D eigenvalue weighted by Gasteiger charge is 2.37. The highest BCUT2D eigenvalue weighted by atomic mass is 79.9. The van der Waals surface area contributed by atoms with Crippen LogP contribution >= 0.6 is 27.5 Å². The van der Waals surface area contributed by atoms with Gasteiger partial charge in [-0.2, -0.15) is 5.10 Å². The van der Waals surface area contributed by atoms with E-state index in [4.69, 9.17) is 11.6 Å². The third-order valence-corrected chi connectivity index (χ3v) is 3.82. The van der Waals surface area contributed by atoms with Crippen LogP contribution in [0.15, 0.2) is 34.8 Å². The monoisotopic (exact) mass is 351 g/mol. The van der Waals surface area contributed by atoms with Crippen molar-refractivity contribution in [2.24, 2.45) is 0 Å². The molecule has 1 aliphatic heterocycles. The van der Waals surface area contributed by atoms with E-state index in [1.807, 2.05) is 0 Å². The van der Waals surface area contributed by atoms with Gasteiger partial charge in [0.25, 0.3) is 11.7 Å². The molecular formula is C13H7BrClN3O2. The summed E-state index contributed by atoms with van der Waals surface area (Å²) < 4.78 is 0.609. The van der Waals surface area contributed by atoms with Crippen molar-refractivity contribution in [3.05, 3.63) is 51.2 Å². The SMILES string of the molecule is O=C1C(=O)N(Cc2ccc(Cl)nn2)c2cccc(Br)c21. The topological polar surface area (TPSA) is 63.2 Å². The van der Waals surface area contributed by atoms with Crippen molar-refractivity contribution in [2.75, 3.05) is 4.90 Å². The fourth-order valence-corrected chi connectivity index (χ4v) is 2.68. The molecule has 5 nitrogen and oxygen atoms in total. The molecule has 1 aromatic heterocycles. The summed E-state index contributed by atoms with van der Waals surface area (Å²) in [6, 6.07) is 8.49. The van der Waals surface area contributed by atoms with E-state index >= 15 is 0 Å². The fraction of sp³-hybridized carbons (Fsp3) is 0.0769.